The van der Waals surface area contributed by atoms with E-state index in [9.17, 15) is 13.6 Å². The van der Waals surface area contributed by atoms with Gasteiger partial charge in [-0.25, -0.2) is 13.8 Å². The summed E-state index contributed by atoms with van der Waals surface area (Å²) in [6, 6.07) is 3.60. The van der Waals surface area contributed by atoms with Crippen molar-refractivity contribution in [1.82, 2.24) is 14.8 Å². The highest BCUT2D eigenvalue weighted by molar-refractivity contribution is 7.13. The van der Waals surface area contributed by atoms with E-state index in [0.717, 1.165) is 10.4 Å². The SMILES string of the molecule is Cc1ccc(-c2nc(C(=O)Nc3cnn(CC(F)F)c3)cs2)o1. The van der Waals surface area contributed by atoms with Crippen LogP contribution in [0, 0.1) is 6.92 Å². The van der Waals surface area contributed by atoms with Crippen LogP contribution < -0.4 is 5.32 Å². The average Bonchev–Trinajstić information content (AvgIpc) is 3.18. The summed E-state index contributed by atoms with van der Waals surface area (Å²) in [6.45, 7) is 1.30. The van der Waals surface area contributed by atoms with Crippen LogP contribution in [0.15, 0.2) is 34.3 Å². The lowest BCUT2D eigenvalue weighted by Gasteiger charge is -1.99. The molecule has 0 atom stereocenters. The molecule has 0 saturated carbocycles. The highest BCUT2D eigenvalue weighted by Crippen LogP contribution is 2.25. The number of carbonyl (C=O) groups is 1. The molecule has 0 aliphatic heterocycles. The van der Waals surface area contributed by atoms with Gasteiger partial charge in [-0.1, -0.05) is 0 Å². The molecular formula is C14H12F2N4O2S. The summed E-state index contributed by atoms with van der Waals surface area (Å²) in [5.41, 5.74) is 0.555. The number of rotatable bonds is 5. The second-order valence-corrected chi connectivity index (χ2v) is 5.60. The van der Waals surface area contributed by atoms with E-state index in [1.165, 1.54) is 23.7 Å². The minimum Gasteiger partial charge on any atom is -0.459 e. The molecule has 3 heterocycles. The van der Waals surface area contributed by atoms with E-state index >= 15 is 0 Å². The molecule has 0 aromatic carbocycles. The lowest BCUT2D eigenvalue weighted by Crippen LogP contribution is -2.12. The average molecular weight is 338 g/mol. The Bertz CT molecular complexity index is 824. The number of nitrogens with one attached hydrogen (secondary N) is 1. The summed E-state index contributed by atoms with van der Waals surface area (Å²) in [4.78, 5) is 16.3. The van der Waals surface area contributed by atoms with Crippen LogP contribution in [-0.4, -0.2) is 27.1 Å². The van der Waals surface area contributed by atoms with Crippen molar-refractivity contribution >= 4 is 22.9 Å². The second kappa shape index (κ2) is 6.29. The van der Waals surface area contributed by atoms with E-state index in [2.05, 4.69) is 15.4 Å². The first-order chi connectivity index (χ1) is 11.0. The number of halogens is 2. The van der Waals surface area contributed by atoms with Gasteiger partial charge in [-0.2, -0.15) is 5.10 Å². The van der Waals surface area contributed by atoms with E-state index < -0.39 is 18.9 Å². The van der Waals surface area contributed by atoms with E-state index in [0.29, 0.717) is 16.5 Å². The highest BCUT2D eigenvalue weighted by atomic mass is 32.1. The van der Waals surface area contributed by atoms with Crippen LogP contribution in [0.3, 0.4) is 0 Å². The minimum absolute atomic E-state index is 0.223. The number of carbonyl (C=O) groups excluding carboxylic acids is 1. The molecule has 0 aliphatic carbocycles. The van der Waals surface area contributed by atoms with Gasteiger partial charge < -0.3 is 9.73 Å². The molecule has 1 N–H and O–H groups in total. The van der Waals surface area contributed by atoms with E-state index in [4.69, 9.17) is 4.42 Å². The number of alkyl halides is 2. The Kier molecular flexibility index (Phi) is 4.20. The molecule has 3 rings (SSSR count). The fourth-order valence-electron chi connectivity index (χ4n) is 1.91. The maximum absolute atomic E-state index is 12.3. The molecule has 3 aromatic heterocycles. The van der Waals surface area contributed by atoms with Crippen LogP contribution in [0.5, 0.6) is 0 Å². The summed E-state index contributed by atoms with van der Waals surface area (Å²) in [5, 5.41) is 8.51. The van der Waals surface area contributed by atoms with Crippen molar-refractivity contribution in [2.45, 2.75) is 19.9 Å². The summed E-state index contributed by atoms with van der Waals surface area (Å²) in [5.74, 6) is 0.913. The number of furan rings is 1. The van der Waals surface area contributed by atoms with Gasteiger partial charge in [-0.15, -0.1) is 11.3 Å². The van der Waals surface area contributed by atoms with Crippen molar-refractivity contribution in [2.24, 2.45) is 0 Å². The van der Waals surface area contributed by atoms with Crippen LogP contribution in [0.25, 0.3) is 10.8 Å². The predicted octanol–water partition coefficient (Wildman–Crippen LogP) is 3.43. The number of hydrogen-bond donors (Lipinski definition) is 1. The van der Waals surface area contributed by atoms with Gasteiger partial charge in [-0.05, 0) is 19.1 Å². The van der Waals surface area contributed by atoms with Gasteiger partial charge in [0.2, 0.25) is 0 Å². The maximum Gasteiger partial charge on any atom is 0.275 e. The Balaban J connectivity index is 1.69. The molecule has 9 heteroatoms. The number of aromatic nitrogens is 3. The van der Waals surface area contributed by atoms with Crippen molar-refractivity contribution in [2.75, 3.05) is 5.32 Å². The number of hydrogen-bond acceptors (Lipinski definition) is 5. The third-order valence-corrected chi connectivity index (χ3v) is 3.76. The first-order valence-electron chi connectivity index (χ1n) is 6.65. The normalized spacial score (nSPS) is 11.1. The quantitative estimate of drug-likeness (QED) is 0.773. The molecule has 3 aromatic rings. The van der Waals surface area contributed by atoms with E-state index in [1.54, 1.807) is 11.4 Å². The third-order valence-electron chi connectivity index (χ3n) is 2.90. The number of amides is 1. The zero-order valence-electron chi connectivity index (χ0n) is 12.0. The first kappa shape index (κ1) is 15.3. The summed E-state index contributed by atoms with van der Waals surface area (Å²) < 4.78 is 31.0. The molecule has 0 spiro atoms. The topological polar surface area (TPSA) is 73.0 Å². The van der Waals surface area contributed by atoms with E-state index in [1.807, 2.05) is 13.0 Å². The number of nitrogens with zero attached hydrogens (tertiary/aromatic N) is 3. The zero-order chi connectivity index (χ0) is 16.4. The molecule has 0 radical (unpaired) electrons. The molecule has 0 bridgehead atoms. The van der Waals surface area contributed by atoms with Gasteiger partial charge in [0.05, 0.1) is 11.9 Å². The summed E-state index contributed by atoms with van der Waals surface area (Å²) in [7, 11) is 0. The van der Waals surface area contributed by atoms with Crippen molar-refractivity contribution < 1.29 is 18.0 Å². The number of aryl methyl sites for hydroxylation is 1. The predicted molar refractivity (Wildman–Crippen MR) is 80.7 cm³/mol. The lowest BCUT2D eigenvalue weighted by molar-refractivity contribution is 0.102. The van der Waals surface area contributed by atoms with Gasteiger partial charge in [0, 0.05) is 11.6 Å². The van der Waals surface area contributed by atoms with Crippen molar-refractivity contribution in [3.63, 3.8) is 0 Å². The second-order valence-electron chi connectivity index (χ2n) is 4.74. The lowest BCUT2D eigenvalue weighted by atomic mass is 10.4. The van der Waals surface area contributed by atoms with Gasteiger partial charge in [0.1, 0.15) is 18.0 Å². The fraction of sp³-hybridized carbons (Fsp3) is 0.214. The molecule has 6 nitrogen and oxygen atoms in total. The molecule has 1 amide bonds. The molecular weight excluding hydrogens is 326 g/mol. The van der Waals surface area contributed by atoms with E-state index in [-0.39, 0.29) is 5.69 Å². The Morgan fingerprint density at radius 1 is 1.48 bits per heavy atom. The van der Waals surface area contributed by atoms with Gasteiger partial charge >= 0.3 is 0 Å². The van der Waals surface area contributed by atoms with Gasteiger partial charge in [0.15, 0.2) is 10.8 Å². The summed E-state index contributed by atoms with van der Waals surface area (Å²) in [6.07, 6.45) is 0.146. The fourth-order valence-corrected chi connectivity index (χ4v) is 2.67. The number of thiazole rings is 1. The maximum atomic E-state index is 12.3. The first-order valence-corrected chi connectivity index (χ1v) is 7.53. The van der Waals surface area contributed by atoms with Crippen LogP contribution in [0.4, 0.5) is 14.5 Å². The Morgan fingerprint density at radius 3 is 3.00 bits per heavy atom. The molecule has 0 fully saturated rings. The minimum atomic E-state index is -2.50. The van der Waals surface area contributed by atoms with Crippen molar-refractivity contribution in [1.29, 1.82) is 0 Å². The Morgan fingerprint density at radius 2 is 2.30 bits per heavy atom. The number of anilines is 1. The van der Waals surface area contributed by atoms with Crippen LogP contribution in [-0.2, 0) is 6.54 Å². The third kappa shape index (κ3) is 3.62. The van der Waals surface area contributed by atoms with Crippen LogP contribution in [0.1, 0.15) is 16.2 Å². The van der Waals surface area contributed by atoms with Gasteiger partial charge in [0.25, 0.3) is 12.3 Å². The highest BCUT2D eigenvalue weighted by Gasteiger charge is 2.15. The molecule has 0 aliphatic rings. The molecule has 23 heavy (non-hydrogen) atoms. The van der Waals surface area contributed by atoms with Gasteiger partial charge in [-0.3, -0.25) is 9.48 Å². The largest absolute Gasteiger partial charge is 0.459 e. The molecule has 0 unspecified atom stereocenters. The molecule has 120 valence electrons. The summed E-state index contributed by atoms with van der Waals surface area (Å²) >= 11 is 1.28. The van der Waals surface area contributed by atoms with Crippen molar-refractivity contribution in [3.8, 4) is 10.8 Å². The Hall–Kier alpha value is -2.55. The standard InChI is InChI=1S/C14H12F2N4O2S/c1-8-2-3-11(22-8)14-19-10(7-23-14)13(21)18-9-4-17-20(5-9)6-12(15)16/h2-5,7,12H,6H2,1H3,(H,18,21). The zero-order valence-corrected chi connectivity index (χ0v) is 12.8. The monoisotopic (exact) mass is 338 g/mol. The smallest absolute Gasteiger partial charge is 0.275 e. The Labute approximate surface area is 133 Å². The van der Waals surface area contributed by atoms with Crippen molar-refractivity contribution in [3.05, 3.63) is 41.4 Å². The molecule has 0 saturated heterocycles. The van der Waals surface area contributed by atoms with Crippen LogP contribution >= 0.6 is 11.3 Å². The van der Waals surface area contributed by atoms with Crippen LogP contribution in [0.2, 0.25) is 0 Å².